The van der Waals surface area contributed by atoms with Crippen molar-refractivity contribution in [1.82, 2.24) is 15.5 Å². The Morgan fingerprint density at radius 1 is 1.12 bits per heavy atom. The molecule has 0 bridgehead atoms. The van der Waals surface area contributed by atoms with Gasteiger partial charge in [-0.15, -0.1) is 24.0 Å². The molecule has 1 aliphatic carbocycles. The molecule has 1 unspecified atom stereocenters. The third-order valence-electron chi connectivity index (χ3n) is 5.88. The van der Waals surface area contributed by atoms with Crippen LogP contribution in [-0.2, 0) is 0 Å². The molecule has 2 aliphatic rings. The molecule has 1 saturated carbocycles. The van der Waals surface area contributed by atoms with Crippen molar-refractivity contribution in [2.75, 3.05) is 26.2 Å². The van der Waals surface area contributed by atoms with Gasteiger partial charge in [0, 0.05) is 18.6 Å². The van der Waals surface area contributed by atoms with Crippen LogP contribution < -0.4 is 10.6 Å². The summed E-state index contributed by atoms with van der Waals surface area (Å²) in [6.07, 6.45) is 6.39. The minimum atomic E-state index is -0.107. The Morgan fingerprint density at radius 2 is 1.73 bits per heavy atom. The van der Waals surface area contributed by atoms with E-state index in [-0.39, 0.29) is 30.1 Å². The van der Waals surface area contributed by atoms with Crippen molar-refractivity contribution in [2.24, 2.45) is 16.8 Å². The summed E-state index contributed by atoms with van der Waals surface area (Å²) >= 11 is 0. The molecular formula is C20H41IN4O. The van der Waals surface area contributed by atoms with E-state index in [1.54, 1.807) is 0 Å². The summed E-state index contributed by atoms with van der Waals surface area (Å²) in [5, 5.41) is 16.7. The summed E-state index contributed by atoms with van der Waals surface area (Å²) in [6.45, 7) is 13.3. The van der Waals surface area contributed by atoms with E-state index in [1.165, 1.54) is 25.9 Å². The molecule has 0 radical (unpaired) electrons. The summed E-state index contributed by atoms with van der Waals surface area (Å²) in [5.41, 5.74) is 0. The van der Waals surface area contributed by atoms with Crippen molar-refractivity contribution in [1.29, 1.82) is 0 Å². The zero-order valence-electron chi connectivity index (χ0n) is 17.2. The van der Waals surface area contributed by atoms with Crippen LogP contribution >= 0.6 is 24.0 Å². The fourth-order valence-electron chi connectivity index (χ4n) is 4.03. The third kappa shape index (κ3) is 7.89. The van der Waals surface area contributed by atoms with E-state index in [1.807, 2.05) is 0 Å². The summed E-state index contributed by atoms with van der Waals surface area (Å²) < 4.78 is 0. The lowest BCUT2D eigenvalue weighted by Gasteiger charge is -2.38. The average molecular weight is 480 g/mol. The number of hydrogen-bond acceptors (Lipinski definition) is 3. The highest BCUT2D eigenvalue weighted by Gasteiger charge is 2.26. The monoisotopic (exact) mass is 480 g/mol. The van der Waals surface area contributed by atoms with Crippen molar-refractivity contribution in [3.05, 3.63) is 0 Å². The van der Waals surface area contributed by atoms with Crippen molar-refractivity contribution < 1.29 is 5.11 Å². The van der Waals surface area contributed by atoms with Crippen LogP contribution in [0.25, 0.3) is 0 Å². The molecule has 1 saturated heterocycles. The van der Waals surface area contributed by atoms with Crippen LogP contribution in [0.5, 0.6) is 0 Å². The Morgan fingerprint density at radius 3 is 2.27 bits per heavy atom. The Hall–Kier alpha value is -0.0800. The molecule has 154 valence electrons. The second-order valence-corrected chi connectivity index (χ2v) is 8.40. The van der Waals surface area contributed by atoms with Gasteiger partial charge in [0.25, 0.3) is 0 Å². The van der Waals surface area contributed by atoms with Gasteiger partial charge in [-0.2, -0.15) is 0 Å². The number of aliphatic imine (C=N–C) groups is 1. The molecule has 1 aliphatic heterocycles. The van der Waals surface area contributed by atoms with Gasteiger partial charge in [0.05, 0.1) is 12.6 Å². The molecule has 0 aromatic rings. The number of nitrogens with one attached hydrogen (secondary N) is 2. The number of guanidine groups is 1. The summed E-state index contributed by atoms with van der Waals surface area (Å²) in [7, 11) is 0. The first-order valence-corrected chi connectivity index (χ1v) is 10.5. The Kier molecular flexibility index (Phi) is 11.4. The van der Waals surface area contributed by atoms with Gasteiger partial charge < -0.3 is 15.7 Å². The van der Waals surface area contributed by atoms with Crippen LogP contribution in [-0.4, -0.2) is 60.3 Å². The maximum Gasteiger partial charge on any atom is 0.191 e. The van der Waals surface area contributed by atoms with Crippen LogP contribution in [0.15, 0.2) is 4.99 Å². The molecule has 1 atom stereocenters. The first-order valence-electron chi connectivity index (χ1n) is 10.5. The quantitative estimate of drug-likeness (QED) is 0.311. The van der Waals surface area contributed by atoms with Crippen molar-refractivity contribution >= 4 is 29.9 Å². The highest BCUT2D eigenvalue weighted by atomic mass is 127. The molecular weight excluding hydrogens is 439 g/mol. The number of aliphatic hydroxyl groups excluding tert-OH is 1. The lowest BCUT2D eigenvalue weighted by atomic mass is 9.93. The van der Waals surface area contributed by atoms with E-state index >= 15 is 0 Å². The molecule has 0 aromatic heterocycles. The minimum absolute atomic E-state index is 0. The maximum absolute atomic E-state index is 9.69. The number of aliphatic hydroxyl groups is 1. The van der Waals surface area contributed by atoms with Crippen LogP contribution in [0.4, 0.5) is 0 Å². The van der Waals surface area contributed by atoms with Gasteiger partial charge in [0.15, 0.2) is 5.96 Å². The average Bonchev–Trinajstić information content (AvgIpc) is 2.58. The fourth-order valence-corrected chi connectivity index (χ4v) is 4.03. The van der Waals surface area contributed by atoms with Gasteiger partial charge in [0.1, 0.15) is 0 Å². The molecule has 0 amide bonds. The van der Waals surface area contributed by atoms with Gasteiger partial charge in [-0.05, 0) is 70.4 Å². The fraction of sp³-hybridized carbons (Fsp3) is 0.950. The van der Waals surface area contributed by atoms with Crippen LogP contribution in [0.2, 0.25) is 0 Å². The molecule has 1 heterocycles. The summed E-state index contributed by atoms with van der Waals surface area (Å²) in [4.78, 5) is 7.58. The van der Waals surface area contributed by atoms with Crippen LogP contribution in [0, 0.1) is 11.8 Å². The zero-order chi connectivity index (χ0) is 18.2. The standard InChI is InChI=1S/C20H40N4O.HI/c1-5-21-20(23-17-6-8-18(25)9-7-17)22-14-19(15(2)3)24-12-10-16(4)11-13-24;/h15-19,25H,5-14H2,1-4H3,(H2,21,22,23);1H. The van der Waals surface area contributed by atoms with Gasteiger partial charge in [0.2, 0.25) is 0 Å². The van der Waals surface area contributed by atoms with Crippen LogP contribution in [0.1, 0.15) is 66.2 Å². The number of likely N-dealkylation sites (tertiary alicyclic amines) is 1. The molecule has 26 heavy (non-hydrogen) atoms. The van der Waals surface area contributed by atoms with Crippen molar-refractivity contribution in [2.45, 2.75) is 84.4 Å². The van der Waals surface area contributed by atoms with E-state index < -0.39 is 0 Å². The lowest BCUT2D eigenvalue weighted by molar-refractivity contribution is 0.113. The summed E-state index contributed by atoms with van der Waals surface area (Å²) in [5.74, 6) is 2.43. The third-order valence-corrected chi connectivity index (χ3v) is 5.88. The zero-order valence-corrected chi connectivity index (χ0v) is 19.5. The van der Waals surface area contributed by atoms with E-state index in [4.69, 9.17) is 4.99 Å². The molecule has 2 rings (SSSR count). The van der Waals surface area contributed by atoms with Gasteiger partial charge >= 0.3 is 0 Å². The number of nitrogens with zero attached hydrogens (tertiary/aromatic N) is 2. The Balaban J connectivity index is 0.00000338. The van der Waals surface area contributed by atoms with E-state index in [2.05, 4.69) is 43.2 Å². The smallest absolute Gasteiger partial charge is 0.191 e. The molecule has 0 aromatic carbocycles. The van der Waals surface area contributed by atoms with E-state index in [0.29, 0.717) is 18.0 Å². The maximum atomic E-state index is 9.69. The highest BCUT2D eigenvalue weighted by molar-refractivity contribution is 14.0. The normalized spacial score (nSPS) is 27.1. The van der Waals surface area contributed by atoms with E-state index in [0.717, 1.165) is 50.7 Å². The lowest BCUT2D eigenvalue weighted by Crippen LogP contribution is -2.48. The van der Waals surface area contributed by atoms with Crippen molar-refractivity contribution in [3.8, 4) is 0 Å². The molecule has 0 spiro atoms. The molecule has 6 heteroatoms. The largest absolute Gasteiger partial charge is 0.393 e. The highest BCUT2D eigenvalue weighted by Crippen LogP contribution is 2.22. The summed E-state index contributed by atoms with van der Waals surface area (Å²) in [6, 6.07) is 0.964. The second kappa shape index (κ2) is 12.4. The van der Waals surface area contributed by atoms with Gasteiger partial charge in [-0.3, -0.25) is 9.89 Å². The number of halogens is 1. The first kappa shape index (κ1) is 24.0. The van der Waals surface area contributed by atoms with Crippen LogP contribution in [0.3, 0.4) is 0 Å². The predicted molar refractivity (Wildman–Crippen MR) is 121 cm³/mol. The Bertz CT molecular complexity index is 403. The molecule has 3 N–H and O–H groups in total. The second-order valence-electron chi connectivity index (χ2n) is 8.40. The van der Waals surface area contributed by atoms with Gasteiger partial charge in [-0.1, -0.05) is 20.8 Å². The number of hydrogen-bond donors (Lipinski definition) is 3. The number of rotatable bonds is 6. The Labute approximate surface area is 177 Å². The number of piperidine rings is 1. The molecule has 2 fully saturated rings. The predicted octanol–water partition coefficient (Wildman–Crippen LogP) is 3.22. The van der Waals surface area contributed by atoms with Crippen molar-refractivity contribution in [3.63, 3.8) is 0 Å². The SMILES string of the molecule is CCNC(=NCC(C(C)C)N1CCC(C)CC1)NC1CCC(O)CC1.I. The minimum Gasteiger partial charge on any atom is -0.393 e. The van der Waals surface area contributed by atoms with E-state index in [9.17, 15) is 5.11 Å². The van der Waals surface area contributed by atoms with Gasteiger partial charge in [-0.25, -0.2) is 0 Å². The molecule has 5 nitrogen and oxygen atoms in total. The topological polar surface area (TPSA) is 59.9 Å². The first-order chi connectivity index (χ1) is 12.0.